The summed E-state index contributed by atoms with van der Waals surface area (Å²) < 4.78 is 0. The molecular formula is C12H16ClN3O. The summed E-state index contributed by atoms with van der Waals surface area (Å²) in [5, 5.41) is 10.5. The van der Waals surface area contributed by atoms with Crippen LogP contribution in [0.5, 0.6) is 0 Å². The van der Waals surface area contributed by atoms with Gasteiger partial charge in [0.25, 0.3) is 5.91 Å². The minimum Gasteiger partial charge on any atom is -0.352 e. The van der Waals surface area contributed by atoms with E-state index in [-0.39, 0.29) is 11.3 Å². The molecule has 0 spiro atoms. The highest BCUT2D eigenvalue weighted by Crippen LogP contribution is 2.27. The number of aromatic nitrogens is 2. The predicted octanol–water partition coefficient (Wildman–Crippen LogP) is 2.00. The molecule has 1 aromatic heterocycles. The second-order valence-corrected chi connectivity index (χ2v) is 5.09. The van der Waals surface area contributed by atoms with Crippen molar-refractivity contribution < 1.29 is 4.79 Å². The molecule has 0 aromatic carbocycles. The van der Waals surface area contributed by atoms with Crippen molar-refractivity contribution in [3.05, 3.63) is 24.0 Å². The zero-order valence-corrected chi connectivity index (χ0v) is 10.4. The maximum Gasteiger partial charge on any atom is 0.252 e. The number of alkyl halides is 1. The highest BCUT2D eigenvalue weighted by Gasteiger charge is 2.20. The lowest BCUT2D eigenvalue weighted by molar-refractivity contribution is 0.0943. The van der Waals surface area contributed by atoms with Crippen LogP contribution < -0.4 is 5.32 Å². The molecule has 17 heavy (non-hydrogen) atoms. The first kappa shape index (κ1) is 12.3. The smallest absolute Gasteiger partial charge is 0.252 e. The standard InChI is InChI=1S/C12H16ClN3O/c13-11-3-1-2-9(6-11)7-14-12(17)10-4-5-15-16-8-10/h4-5,8-9,11H,1-3,6-7H2,(H,14,17). The lowest BCUT2D eigenvalue weighted by Crippen LogP contribution is -2.32. The highest BCUT2D eigenvalue weighted by molar-refractivity contribution is 6.20. The molecule has 1 aliphatic carbocycles. The third-order valence-corrected chi connectivity index (χ3v) is 3.51. The third-order valence-electron chi connectivity index (χ3n) is 3.12. The predicted molar refractivity (Wildman–Crippen MR) is 66.0 cm³/mol. The van der Waals surface area contributed by atoms with Gasteiger partial charge in [-0.25, -0.2) is 0 Å². The number of amides is 1. The minimum atomic E-state index is -0.0865. The van der Waals surface area contributed by atoms with Crippen LogP contribution in [0.4, 0.5) is 0 Å². The minimum absolute atomic E-state index is 0.0865. The lowest BCUT2D eigenvalue weighted by Gasteiger charge is -2.25. The molecule has 1 N–H and O–H groups in total. The highest BCUT2D eigenvalue weighted by atomic mass is 35.5. The molecular weight excluding hydrogens is 238 g/mol. The summed E-state index contributed by atoms with van der Waals surface area (Å²) in [4.78, 5) is 11.8. The number of nitrogens with zero attached hydrogens (tertiary/aromatic N) is 2. The van der Waals surface area contributed by atoms with Crippen molar-refractivity contribution >= 4 is 17.5 Å². The summed E-state index contributed by atoms with van der Waals surface area (Å²) >= 11 is 6.11. The van der Waals surface area contributed by atoms with E-state index in [1.165, 1.54) is 12.4 Å². The molecule has 1 aromatic rings. The first-order chi connectivity index (χ1) is 8.25. The van der Waals surface area contributed by atoms with Crippen molar-refractivity contribution in [2.75, 3.05) is 6.54 Å². The monoisotopic (exact) mass is 253 g/mol. The Morgan fingerprint density at radius 2 is 2.35 bits per heavy atom. The molecule has 2 unspecified atom stereocenters. The maximum absolute atomic E-state index is 11.8. The molecule has 2 rings (SSSR count). The maximum atomic E-state index is 11.8. The van der Waals surface area contributed by atoms with Crippen LogP contribution in [-0.4, -0.2) is 28.0 Å². The Labute approximate surface area is 106 Å². The van der Waals surface area contributed by atoms with Gasteiger partial charge in [0.15, 0.2) is 0 Å². The van der Waals surface area contributed by atoms with Gasteiger partial charge in [0, 0.05) is 11.9 Å². The summed E-state index contributed by atoms with van der Waals surface area (Å²) in [6, 6.07) is 1.66. The van der Waals surface area contributed by atoms with Crippen LogP contribution in [0.2, 0.25) is 0 Å². The van der Waals surface area contributed by atoms with E-state index in [2.05, 4.69) is 15.5 Å². The number of nitrogens with one attached hydrogen (secondary N) is 1. The zero-order valence-electron chi connectivity index (χ0n) is 9.60. The van der Waals surface area contributed by atoms with E-state index < -0.39 is 0 Å². The van der Waals surface area contributed by atoms with Crippen LogP contribution >= 0.6 is 11.6 Å². The van der Waals surface area contributed by atoms with Gasteiger partial charge in [-0.1, -0.05) is 6.42 Å². The quantitative estimate of drug-likeness (QED) is 0.839. The average molecular weight is 254 g/mol. The molecule has 0 saturated heterocycles. The number of hydrogen-bond acceptors (Lipinski definition) is 3. The van der Waals surface area contributed by atoms with Crippen molar-refractivity contribution in [3.63, 3.8) is 0 Å². The average Bonchev–Trinajstić information content (AvgIpc) is 2.37. The molecule has 2 atom stereocenters. The van der Waals surface area contributed by atoms with Crippen molar-refractivity contribution in [3.8, 4) is 0 Å². The molecule has 5 heteroatoms. The van der Waals surface area contributed by atoms with Crippen molar-refractivity contribution in [2.24, 2.45) is 5.92 Å². The van der Waals surface area contributed by atoms with Crippen molar-refractivity contribution in [2.45, 2.75) is 31.1 Å². The fraction of sp³-hybridized carbons (Fsp3) is 0.583. The molecule has 4 nitrogen and oxygen atoms in total. The van der Waals surface area contributed by atoms with E-state index in [0.29, 0.717) is 18.0 Å². The van der Waals surface area contributed by atoms with Crippen LogP contribution in [0.1, 0.15) is 36.0 Å². The van der Waals surface area contributed by atoms with Gasteiger partial charge in [0.2, 0.25) is 0 Å². The second-order valence-electron chi connectivity index (χ2n) is 4.47. The molecule has 1 heterocycles. The van der Waals surface area contributed by atoms with E-state index in [4.69, 9.17) is 11.6 Å². The lowest BCUT2D eigenvalue weighted by atomic mass is 9.89. The second kappa shape index (κ2) is 5.96. The Hall–Kier alpha value is -1.16. The van der Waals surface area contributed by atoms with Crippen molar-refractivity contribution in [1.82, 2.24) is 15.5 Å². The Balaban J connectivity index is 1.80. The van der Waals surface area contributed by atoms with E-state index >= 15 is 0 Å². The topological polar surface area (TPSA) is 54.9 Å². The van der Waals surface area contributed by atoms with Gasteiger partial charge in [-0.2, -0.15) is 10.2 Å². The van der Waals surface area contributed by atoms with Gasteiger partial charge in [-0.3, -0.25) is 4.79 Å². The summed E-state index contributed by atoms with van der Waals surface area (Å²) in [5.41, 5.74) is 0.554. The van der Waals surface area contributed by atoms with E-state index in [1.807, 2.05) is 0 Å². The molecule has 1 fully saturated rings. The van der Waals surface area contributed by atoms with Gasteiger partial charge in [-0.05, 0) is 31.2 Å². The van der Waals surface area contributed by atoms with E-state index in [0.717, 1.165) is 25.7 Å². The summed E-state index contributed by atoms with van der Waals surface area (Å²) in [6.07, 6.45) is 7.39. The Kier molecular flexibility index (Phi) is 4.31. The summed E-state index contributed by atoms with van der Waals surface area (Å²) in [6.45, 7) is 0.699. The van der Waals surface area contributed by atoms with Gasteiger partial charge in [0.1, 0.15) is 0 Å². The summed E-state index contributed by atoms with van der Waals surface area (Å²) in [7, 11) is 0. The fourth-order valence-electron chi connectivity index (χ4n) is 2.17. The van der Waals surface area contributed by atoms with E-state index in [1.54, 1.807) is 6.07 Å². The number of carbonyl (C=O) groups is 1. The van der Waals surface area contributed by atoms with Crippen LogP contribution in [0.3, 0.4) is 0 Å². The first-order valence-corrected chi connectivity index (χ1v) is 6.38. The number of hydrogen-bond donors (Lipinski definition) is 1. The van der Waals surface area contributed by atoms with Crippen LogP contribution in [0.25, 0.3) is 0 Å². The molecule has 1 amide bonds. The summed E-state index contributed by atoms with van der Waals surface area (Å²) in [5.74, 6) is 0.418. The molecule has 0 radical (unpaired) electrons. The van der Waals surface area contributed by atoms with Gasteiger partial charge < -0.3 is 5.32 Å². The normalized spacial score (nSPS) is 24.3. The first-order valence-electron chi connectivity index (χ1n) is 5.94. The van der Waals surface area contributed by atoms with E-state index in [9.17, 15) is 4.79 Å². The molecule has 92 valence electrons. The van der Waals surface area contributed by atoms with Crippen LogP contribution in [0.15, 0.2) is 18.5 Å². The number of rotatable bonds is 3. The van der Waals surface area contributed by atoms with Gasteiger partial charge in [-0.15, -0.1) is 11.6 Å². The van der Waals surface area contributed by atoms with Crippen LogP contribution in [0, 0.1) is 5.92 Å². The van der Waals surface area contributed by atoms with Crippen LogP contribution in [-0.2, 0) is 0 Å². The molecule has 0 bridgehead atoms. The molecule has 1 saturated carbocycles. The zero-order chi connectivity index (χ0) is 12.1. The van der Waals surface area contributed by atoms with Gasteiger partial charge >= 0.3 is 0 Å². The molecule has 0 aliphatic heterocycles. The molecule has 1 aliphatic rings. The Bertz CT molecular complexity index is 371. The Morgan fingerprint density at radius 3 is 3.06 bits per heavy atom. The fourth-order valence-corrected chi connectivity index (χ4v) is 2.58. The third kappa shape index (κ3) is 3.66. The SMILES string of the molecule is O=C(NCC1CCCC(Cl)C1)c1ccnnc1. The number of carbonyl (C=O) groups excluding carboxylic acids is 1. The van der Waals surface area contributed by atoms with Crippen molar-refractivity contribution in [1.29, 1.82) is 0 Å². The largest absolute Gasteiger partial charge is 0.352 e. The Morgan fingerprint density at radius 1 is 1.47 bits per heavy atom. The number of halogens is 1. The van der Waals surface area contributed by atoms with Gasteiger partial charge in [0.05, 0.1) is 18.0 Å².